The highest BCUT2D eigenvalue weighted by Crippen LogP contribution is 2.46. The Morgan fingerprint density at radius 1 is 1.18 bits per heavy atom. The van der Waals surface area contributed by atoms with E-state index in [0.29, 0.717) is 24.8 Å². The van der Waals surface area contributed by atoms with Crippen LogP contribution in [0.3, 0.4) is 0 Å². The number of benzene rings is 1. The van der Waals surface area contributed by atoms with Gasteiger partial charge in [-0.15, -0.1) is 0 Å². The predicted octanol–water partition coefficient (Wildman–Crippen LogP) is 1.64. The molecule has 2 aliphatic carbocycles. The summed E-state index contributed by atoms with van der Waals surface area (Å²) in [4.78, 5) is 0. The van der Waals surface area contributed by atoms with Gasteiger partial charge in [0, 0.05) is 24.5 Å². The molecule has 0 aromatic heterocycles. The minimum atomic E-state index is -3.07. The van der Waals surface area contributed by atoms with Crippen molar-refractivity contribution in [3.8, 4) is 0 Å². The minimum absolute atomic E-state index is 0.0117. The van der Waals surface area contributed by atoms with E-state index >= 15 is 0 Å². The quantitative estimate of drug-likeness (QED) is 0.921. The summed E-state index contributed by atoms with van der Waals surface area (Å²) in [6.45, 7) is 1.24. The Bertz CT molecular complexity index is 674. The van der Waals surface area contributed by atoms with Gasteiger partial charge in [0.15, 0.2) is 0 Å². The first kappa shape index (κ1) is 14.7. The SMILES string of the molecule is NC1Cc2ccccc2C12CCN(S(=O)(=O)CC1CC1)CC2. The summed E-state index contributed by atoms with van der Waals surface area (Å²) in [6.07, 6.45) is 4.79. The first-order valence-electron chi connectivity index (χ1n) is 8.33. The number of hydrogen-bond donors (Lipinski definition) is 1. The lowest BCUT2D eigenvalue weighted by Gasteiger charge is -2.42. The molecule has 1 atom stereocenters. The Labute approximate surface area is 132 Å². The van der Waals surface area contributed by atoms with Crippen molar-refractivity contribution in [2.45, 2.75) is 43.6 Å². The van der Waals surface area contributed by atoms with E-state index in [9.17, 15) is 8.42 Å². The summed E-state index contributed by atoms with van der Waals surface area (Å²) in [6, 6.07) is 8.63. The number of fused-ring (bicyclic) bond motifs is 2. The molecule has 2 N–H and O–H groups in total. The first-order valence-corrected chi connectivity index (χ1v) is 9.94. The average Bonchev–Trinajstić information content (AvgIpc) is 3.26. The van der Waals surface area contributed by atoms with Gasteiger partial charge in [0.05, 0.1) is 5.75 Å². The molecule has 2 fully saturated rings. The van der Waals surface area contributed by atoms with Crippen LogP contribution in [0.4, 0.5) is 0 Å². The maximum Gasteiger partial charge on any atom is 0.214 e. The lowest BCUT2D eigenvalue weighted by atomic mass is 9.72. The van der Waals surface area contributed by atoms with Crippen LogP contribution in [-0.2, 0) is 21.9 Å². The molecule has 1 aromatic rings. The second kappa shape index (κ2) is 5.05. The fourth-order valence-electron chi connectivity index (χ4n) is 4.31. The topological polar surface area (TPSA) is 63.4 Å². The van der Waals surface area contributed by atoms with Crippen molar-refractivity contribution in [1.82, 2.24) is 4.31 Å². The highest BCUT2D eigenvalue weighted by atomic mass is 32.2. The van der Waals surface area contributed by atoms with Gasteiger partial charge in [0.1, 0.15) is 0 Å². The normalized spacial score (nSPS) is 28.0. The third-order valence-electron chi connectivity index (χ3n) is 5.85. The molecule has 1 saturated carbocycles. The second-order valence-electron chi connectivity index (χ2n) is 7.24. The number of hydrogen-bond acceptors (Lipinski definition) is 3. The van der Waals surface area contributed by atoms with Crippen LogP contribution in [0.25, 0.3) is 0 Å². The van der Waals surface area contributed by atoms with Crippen LogP contribution < -0.4 is 5.73 Å². The monoisotopic (exact) mass is 320 g/mol. The zero-order chi connectivity index (χ0) is 15.4. The van der Waals surface area contributed by atoms with Crippen molar-refractivity contribution in [2.75, 3.05) is 18.8 Å². The average molecular weight is 320 g/mol. The Morgan fingerprint density at radius 3 is 2.55 bits per heavy atom. The fraction of sp³-hybridized carbons (Fsp3) is 0.647. The Balaban J connectivity index is 1.54. The maximum absolute atomic E-state index is 12.5. The summed E-state index contributed by atoms with van der Waals surface area (Å²) in [5, 5.41) is 0. The van der Waals surface area contributed by atoms with E-state index in [4.69, 9.17) is 5.73 Å². The number of nitrogens with zero attached hydrogens (tertiary/aromatic N) is 1. The van der Waals surface area contributed by atoms with Crippen molar-refractivity contribution < 1.29 is 8.42 Å². The zero-order valence-electron chi connectivity index (χ0n) is 12.9. The number of sulfonamides is 1. The summed E-state index contributed by atoms with van der Waals surface area (Å²) in [7, 11) is -3.07. The zero-order valence-corrected chi connectivity index (χ0v) is 13.7. The molecular formula is C17H24N2O2S. The summed E-state index contributed by atoms with van der Waals surface area (Å²) in [5.74, 6) is 0.762. The molecule has 3 aliphatic rings. The van der Waals surface area contributed by atoms with E-state index in [0.717, 1.165) is 32.1 Å². The largest absolute Gasteiger partial charge is 0.327 e. The molecule has 1 spiro atoms. The molecule has 1 saturated heterocycles. The third kappa shape index (κ3) is 2.30. The van der Waals surface area contributed by atoms with Gasteiger partial charge in [-0.1, -0.05) is 24.3 Å². The molecule has 4 rings (SSSR count). The Morgan fingerprint density at radius 2 is 1.86 bits per heavy atom. The van der Waals surface area contributed by atoms with Crippen molar-refractivity contribution in [1.29, 1.82) is 0 Å². The smallest absolute Gasteiger partial charge is 0.214 e. The van der Waals surface area contributed by atoms with Crippen LogP contribution >= 0.6 is 0 Å². The van der Waals surface area contributed by atoms with E-state index < -0.39 is 10.0 Å². The Hall–Kier alpha value is -0.910. The highest BCUT2D eigenvalue weighted by molar-refractivity contribution is 7.89. The number of rotatable bonds is 3. The Kier molecular flexibility index (Phi) is 3.36. The molecule has 1 unspecified atom stereocenters. The molecule has 0 amide bonds. The van der Waals surface area contributed by atoms with Gasteiger partial charge >= 0.3 is 0 Å². The van der Waals surface area contributed by atoms with Crippen molar-refractivity contribution in [3.05, 3.63) is 35.4 Å². The van der Waals surface area contributed by atoms with Crippen LogP contribution in [0.2, 0.25) is 0 Å². The van der Waals surface area contributed by atoms with Gasteiger partial charge in [-0.2, -0.15) is 0 Å². The molecule has 5 heteroatoms. The fourth-order valence-corrected chi connectivity index (χ4v) is 6.19. The first-order chi connectivity index (χ1) is 10.5. The summed E-state index contributed by atoms with van der Waals surface area (Å²) < 4.78 is 26.6. The molecule has 1 aliphatic heterocycles. The van der Waals surface area contributed by atoms with E-state index in [-0.39, 0.29) is 11.5 Å². The van der Waals surface area contributed by atoms with E-state index in [1.807, 2.05) is 0 Å². The molecule has 0 radical (unpaired) electrons. The summed E-state index contributed by atoms with van der Waals surface area (Å²) >= 11 is 0. The predicted molar refractivity (Wildman–Crippen MR) is 87.1 cm³/mol. The highest BCUT2D eigenvalue weighted by Gasteiger charge is 2.48. The number of piperidine rings is 1. The second-order valence-corrected chi connectivity index (χ2v) is 9.26. The molecule has 120 valence electrons. The van der Waals surface area contributed by atoms with Gasteiger partial charge < -0.3 is 5.73 Å². The van der Waals surface area contributed by atoms with Crippen molar-refractivity contribution >= 4 is 10.0 Å². The van der Waals surface area contributed by atoms with E-state index in [2.05, 4.69) is 24.3 Å². The van der Waals surface area contributed by atoms with Gasteiger partial charge in [-0.05, 0) is 49.1 Å². The lowest BCUT2D eigenvalue weighted by molar-refractivity contribution is 0.211. The van der Waals surface area contributed by atoms with Crippen molar-refractivity contribution in [3.63, 3.8) is 0 Å². The minimum Gasteiger partial charge on any atom is -0.327 e. The molecule has 1 heterocycles. The number of nitrogens with two attached hydrogens (primary N) is 1. The van der Waals surface area contributed by atoms with Gasteiger partial charge in [0.2, 0.25) is 10.0 Å². The standard InChI is InChI=1S/C17H24N2O2S/c18-16-11-14-3-1-2-4-15(14)17(16)7-9-19(10-8-17)22(20,21)12-13-5-6-13/h1-4,13,16H,5-12,18H2. The van der Waals surface area contributed by atoms with Gasteiger partial charge in [0.25, 0.3) is 0 Å². The van der Waals surface area contributed by atoms with Crippen LogP contribution in [0.15, 0.2) is 24.3 Å². The maximum atomic E-state index is 12.5. The molecule has 4 nitrogen and oxygen atoms in total. The van der Waals surface area contributed by atoms with Gasteiger partial charge in [-0.3, -0.25) is 0 Å². The van der Waals surface area contributed by atoms with Crippen LogP contribution in [0, 0.1) is 5.92 Å². The van der Waals surface area contributed by atoms with Crippen LogP contribution in [0.1, 0.15) is 36.8 Å². The van der Waals surface area contributed by atoms with Crippen LogP contribution in [0.5, 0.6) is 0 Å². The third-order valence-corrected chi connectivity index (χ3v) is 7.90. The lowest BCUT2D eigenvalue weighted by Crippen LogP contribution is -2.52. The van der Waals surface area contributed by atoms with E-state index in [1.165, 1.54) is 11.1 Å². The van der Waals surface area contributed by atoms with Crippen LogP contribution in [-0.4, -0.2) is 37.6 Å². The molecule has 1 aromatic carbocycles. The molecule has 0 bridgehead atoms. The van der Waals surface area contributed by atoms with Gasteiger partial charge in [-0.25, -0.2) is 12.7 Å². The summed E-state index contributed by atoms with van der Waals surface area (Å²) in [5.41, 5.74) is 9.17. The molecule has 22 heavy (non-hydrogen) atoms. The molecular weight excluding hydrogens is 296 g/mol. The van der Waals surface area contributed by atoms with E-state index in [1.54, 1.807) is 4.31 Å². The van der Waals surface area contributed by atoms with Crippen molar-refractivity contribution in [2.24, 2.45) is 11.7 Å².